The van der Waals surface area contributed by atoms with Crippen molar-refractivity contribution in [1.29, 1.82) is 0 Å². The summed E-state index contributed by atoms with van der Waals surface area (Å²) in [7, 11) is 0. The van der Waals surface area contributed by atoms with Crippen LogP contribution in [-0.2, 0) is 9.53 Å². The Kier molecular flexibility index (Phi) is 5.49. The van der Waals surface area contributed by atoms with Gasteiger partial charge in [0, 0.05) is 18.0 Å². The first-order valence-electron chi connectivity index (χ1n) is 5.41. The van der Waals surface area contributed by atoms with Gasteiger partial charge in [0.05, 0.1) is 0 Å². The number of nitrogens with one attached hydrogen (secondary N) is 1. The molecule has 0 spiro atoms. The minimum atomic E-state index is -1.53. The van der Waals surface area contributed by atoms with Crippen LogP contribution in [0.1, 0.15) is 11.7 Å². The molecule has 0 fully saturated rings. The fourth-order valence-corrected chi connectivity index (χ4v) is 1.32. The minimum Gasteiger partial charge on any atom is -0.480 e. The molecule has 0 aliphatic heterocycles. The molecule has 1 amide bonds. The van der Waals surface area contributed by atoms with E-state index in [1.54, 1.807) is 6.07 Å². The van der Waals surface area contributed by atoms with Gasteiger partial charge < -0.3 is 20.3 Å². The van der Waals surface area contributed by atoms with Crippen LogP contribution in [0.3, 0.4) is 0 Å². The number of aromatic nitrogens is 1. The number of rotatable bonds is 6. The summed E-state index contributed by atoms with van der Waals surface area (Å²) >= 11 is 0. The number of alkyl carbamates (subject to hydrolysis) is 1. The van der Waals surface area contributed by atoms with E-state index in [2.05, 4.69) is 21.6 Å². The van der Waals surface area contributed by atoms with Crippen LogP contribution in [0.25, 0.3) is 0 Å². The zero-order valence-corrected chi connectivity index (χ0v) is 10.0. The molecule has 19 heavy (non-hydrogen) atoms. The van der Waals surface area contributed by atoms with Crippen molar-refractivity contribution in [2.45, 2.75) is 12.1 Å². The van der Waals surface area contributed by atoms with E-state index in [0.29, 0.717) is 0 Å². The molecular formula is C12H14N2O5. The lowest BCUT2D eigenvalue weighted by Gasteiger charge is -2.20. The Bertz CT molecular complexity index is 449. The normalized spacial score (nSPS) is 13.1. The lowest BCUT2D eigenvalue weighted by Crippen LogP contribution is -2.45. The van der Waals surface area contributed by atoms with Gasteiger partial charge in [0.25, 0.3) is 0 Å². The topological polar surface area (TPSA) is 109 Å². The number of carboxylic acids is 1. The first-order valence-corrected chi connectivity index (χ1v) is 5.41. The second-order valence-electron chi connectivity index (χ2n) is 3.58. The number of ether oxygens (including phenoxy) is 1. The van der Waals surface area contributed by atoms with E-state index in [1.807, 2.05) is 0 Å². The van der Waals surface area contributed by atoms with Gasteiger partial charge >= 0.3 is 12.1 Å². The van der Waals surface area contributed by atoms with E-state index in [0.717, 1.165) is 0 Å². The molecule has 0 radical (unpaired) electrons. The standard InChI is InChI=1S/C12H14N2O5/c1-2-6-19-12(18)14-9(11(16)17)10(15)8-4-3-5-13-7-8/h2-5,7,9-10,15H,1,6H2,(H,14,18)(H,16,17). The number of pyridine rings is 1. The largest absolute Gasteiger partial charge is 0.480 e. The summed E-state index contributed by atoms with van der Waals surface area (Å²) in [5, 5.41) is 21.0. The second-order valence-corrected chi connectivity index (χ2v) is 3.58. The van der Waals surface area contributed by atoms with Crippen LogP contribution in [0.4, 0.5) is 4.79 Å². The number of carbonyl (C=O) groups excluding carboxylic acids is 1. The smallest absolute Gasteiger partial charge is 0.408 e. The number of aliphatic carboxylic acids is 1. The second kappa shape index (κ2) is 7.12. The Morgan fingerprint density at radius 3 is 2.84 bits per heavy atom. The lowest BCUT2D eigenvalue weighted by atomic mass is 10.0. The van der Waals surface area contributed by atoms with Gasteiger partial charge in [-0.15, -0.1) is 0 Å². The molecule has 0 saturated carbocycles. The van der Waals surface area contributed by atoms with Crippen molar-refractivity contribution in [3.63, 3.8) is 0 Å². The Balaban J connectivity index is 2.75. The molecule has 2 atom stereocenters. The van der Waals surface area contributed by atoms with Crippen molar-refractivity contribution in [3.8, 4) is 0 Å². The van der Waals surface area contributed by atoms with Crippen molar-refractivity contribution >= 4 is 12.1 Å². The first kappa shape index (κ1) is 14.7. The highest BCUT2D eigenvalue weighted by atomic mass is 16.5. The number of aliphatic hydroxyl groups excluding tert-OH is 1. The third kappa shape index (κ3) is 4.40. The van der Waals surface area contributed by atoms with Crippen molar-refractivity contribution < 1.29 is 24.5 Å². The highest BCUT2D eigenvalue weighted by Gasteiger charge is 2.30. The van der Waals surface area contributed by atoms with Gasteiger partial charge in [-0.2, -0.15) is 0 Å². The quantitative estimate of drug-likeness (QED) is 0.646. The average Bonchev–Trinajstić information content (AvgIpc) is 2.42. The van der Waals surface area contributed by atoms with Crippen LogP contribution in [0, 0.1) is 0 Å². The zero-order valence-electron chi connectivity index (χ0n) is 10.0. The summed E-state index contributed by atoms with van der Waals surface area (Å²) in [4.78, 5) is 26.1. The van der Waals surface area contributed by atoms with Gasteiger partial charge in [-0.1, -0.05) is 18.7 Å². The van der Waals surface area contributed by atoms with Gasteiger partial charge in [-0.3, -0.25) is 4.98 Å². The van der Waals surface area contributed by atoms with Crippen molar-refractivity contribution in [3.05, 3.63) is 42.7 Å². The molecule has 1 aromatic heterocycles. The maximum atomic E-state index is 11.3. The molecule has 0 bridgehead atoms. The molecule has 7 heteroatoms. The molecule has 0 aliphatic carbocycles. The van der Waals surface area contributed by atoms with Crippen LogP contribution in [-0.4, -0.2) is 39.9 Å². The number of hydrogen-bond donors (Lipinski definition) is 3. The van der Waals surface area contributed by atoms with Crippen molar-refractivity contribution in [1.82, 2.24) is 10.3 Å². The first-order chi connectivity index (χ1) is 9.06. The summed E-state index contributed by atoms with van der Waals surface area (Å²) in [6.07, 6.45) is 1.76. The summed E-state index contributed by atoms with van der Waals surface area (Å²) < 4.78 is 4.60. The predicted molar refractivity (Wildman–Crippen MR) is 65.3 cm³/mol. The minimum absolute atomic E-state index is 0.0544. The van der Waals surface area contributed by atoms with Gasteiger partial charge in [0.1, 0.15) is 12.7 Å². The highest BCUT2D eigenvalue weighted by molar-refractivity contribution is 5.80. The molecular weight excluding hydrogens is 252 g/mol. The Hall–Kier alpha value is -2.41. The Labute approximate surface area is 109 Å². The van der Waals surface area contributed by atoms with Crippen LogP contribution in [0.2, 0.25) is 0 Å². The molecule has 1 heterocycles. The molecule has 0 aliphatic rings. The monoisotopic (exact) mass is 266 g/mol. The van der Waals surface area contributed by atoms with Crippen LogP contribution in [0.15, 0.2) is 37.2 Å². The summed E-state index contributed by atoms with van der Waals surface area (Å²) in [6, 6.07) is 1.53. The number of amides is 1. The number of carboxylic acid groups (broad SMARTS) is 1. The van der Waals surface area contributed by atoms with E-state index in [-0.39, 0.29) is 12.2 Å². The molecule has 102 valence electrons. The van der Waals surface area contributed by atoms with Gasteiger partial charge in [-0.05, 0) is 6.07 Å². The van der Waals surface area contributed by atoms with E-state index in [4.69, 9.17) is 5.11 Å². The molecule has 2 unspecified atom stereocenters. The summed E-state index contributed by atoms with van der Waals surface area (Å²) in [6.45, 7) is 3.30. The fourth-order valence-electron chi connectivity index (χ4n) is 1.32. The SMILES string of the molecule is C=CCOC(=O)NC(C(=O)O)C(O)c1cccnc1. The van der Waals surface area contributed by atoms with Gasteiger partial charge in [0.2, 0.25) is 0 Å². The van der Waals surface area contributed by atoms with E-state index in [9.17, 15) is 14.7 Å². The number of carbonyl (C=O) groups is 2. The molecule has 0 aromatic carbocycles. The maximum absolute atomic E-state index is 11.3. The number of aliphatic hydroxyl groups is 1. The predicted octanol–water partition coefficient (Wildman–Crippen LogP) is 0.480. The highest BCUT2D eigenvalue weighted by Crippen LogP contribution is 2.15. The summed E-state index contributed by atoms with van der Waals surface area (Å²) in [5.74, 6) is -1.38. The van der Waals surface area contributed by atoms with Crippen LogP contribution >= 0.6 is 0 Å². The molecule has 3 N–H and O–H groups in total. The molecule has 7 nitrogen and oxygen atoms in total. The van der Waals surface area contributed by atoms with E-state index < -0.39 is 24.2 Å². The fraction of sp³-hybridized carbons (Fsp3) is 0.250. The summed E-state index contributed by atoms with van der Waals surface area (Å²) in [5.41, 5.74) is 0.277. The van der Waals surface area contributed by atoms with Gasteiger partial charge in [0.15, 0.2) is 6.04 Å². The van der Waals surface area contributed by atoms with Crippen LogP contribution in [0.5, 0.6) is 0 Å². The molecule has 1 aromatic rings. The van der Waals surface area contributed by atoms with Gasteiger partial charge in [-0.25, -0.2) is 9.59 Å². The Morgan fingerprint density at radius 2 is 2.32 bits per heavy atom. The van der Waals surface area contributed by atoms with E-state index in [1.165, 1.54) is 24.5 Å². The van der Waals surface area contributed by atoms with E-state index >= 15 is 0 Å². The average molecular weight is 266 g/mol. The number of nitrogens with zero attached hydrogens (tertiary/aromatic N) is 1. The molecule has 1 rings (SSSR count). The molecule has 0 saturated heterocycles. The lowest BCUT2D eigenvalue weighted by molar-refractivity contribution is -0.142. The third-order valence-electron chi connectivity index (χ3n) is 2.21. The van der Waals surface area contributed by atoms with Crippen molar-refractivity contribution in [2.24, 2.45) is 0 Å². The Morgan fingerprint density at radius 1 is 1.58 bits per heavy atom. The number of hydrogen-bond acceptors (Lipinski definition) is 5. The van der Waals surface area contributed by atoms with Crippen LogP contribution < -0.4 is 5.32 Å². The van der Waals surface area contributed by atoms with Crippen molar-refractivity contribution in [2.75, 3.05) is 6.61 Å². The third-order valence-corrected chi connectivity index (χ3v) is 2.21. The zero-order chi connectivity index (χ0) is 14.3. The maximum Gasteiger partial charge on any atom is 0.408 e.